The predicted molar refractivity (Wildman–Crippen MR) is 110 cm³/mol. The van der Waals surface area contributed by atoms with Crippen LogP contribution in [0.4, 0.5) is 4.39 Å². The summed E-state index contributed by atoms with van der Waals surface area (Å²) in [6.45, 7) is 6.35. The van der Waals surface area contributed by atoms with E-state index in [-0.39, 0.29) is 35.2 Å². The van der Waals surface area contributed by atoms with E-state index in [2.05, 4.69) is 15.2 Å². The maximum Gasteiger partial charge on any atom is 0.193 e. The van der Waals surface area contributed by atoms with E-state index in [1.54, 1.807) is 12.1 Å². The van der Waals surface area contributed by atoms with Crippen LogP contribution in [0.3, 0.4) is 0 Å². The van der Waals surface area contributed by atoms with Gasteiger partial charge in [0.1, 0.15) is 5.82 Å². The van der Waals surface area contributed by atoms with Crippen molar-refractivity contribution >= 4 is 29.9 Å². The molecule has 0 spiro atoms. The van der Waals surface area contributed by atoms with Gasteiger partial charge in [-0.2, -0.15) is 0 Å². The lowest BCUT2D eigenvalue weighted by molar-refractivity contribution is 0.114. The number of likely N-dealkylation sites (tertiary alicyclic amines) is 1. The van der Waals surface area contributed by atoms with Crippen molar-refractivity contribution < 1.29 is 9.13 Å². The van der Waals surface area contributed by atoms with E-state index in [1.807, 2.05) is 26.1 Å². The standard InChI is InChI=1S/C19H28FN3O.HI/c1-3-24-13-15-8-11-23(12-15)18(21-2)22-14-19(9-10-19)16-6-4-5-7-17(16)20;/h4-7,15H,3,8-14H2,1-2H3,(H,21,22);1H. The number of nitrogens with zero attached hydrogens (tertiary/aromatic N) is 2. The zero-order valence-corrected chi connectivity index (χ0v) is 17.5. The zero-order chi connectivity index (χ0) is 17.0. The van der Waals surface area contributed by atoms with Gasteiger partial charge in [-0.1, -0.05) is 18.2 Å². The van der Waals surface area contributed by atoms with Crippen LogP contribution in [-0.4, -0.2) is 50.8 Å². The van der Waals surface area contributed by atoms with Crippen LogP contribution in [0.1, 0.15) is 31.7 Å². The van der Waals surface area contributed by atoms with Gasteiger partial charge in [0.2, 0.25) is 0 Å². The minimum atomic E-state index is -0.0928. The van der Waals surface area contributed by atoms with Gasteiger partial charge in [-0.15, -0.1) is 24.0 Å². The van der Waals surface area contributed by atoms with Crippen molar-refractivity contribution in [3.63, 3.8) is 0 Å². The number of halogens is 2. The summed E-state index contributed by atoms with van der Waals surface area (Å²) in [7, 11) is 1.82. The van der Waals surface area contributed by atoms with Gasteiger partial charge in [-0.3, -0.25) is 4.99 Å². The molecular weight excluding hydrogens is 432 g/mol. The van der Waals surface area contributed by atoms with E-state index in [0.29, 0.717) is 5.92 Å². The average molecular weight is 461 g/mol. The van der Waals surface area contributed by atoms with Crippen molar-refractivity contribution in [1.29, 1.82) is 0 Å². The van der Waals surface area contributed by atoms with Gasteiger partial charge in [0.05, 0.1) is 6.61 Å². The van der Waals surface area contributed by atoms with Crippen molar-refractivity contribution in [3.05, 3.63) is 35.6 Å². The Bertz CT molecular complexity index is 592. The summed E-state index contributed by atoms with van der Waals surface area (Å²) in [6, 6.07) is 7.15. The normalized spacial score (nSPS) is 21.8. The lowest BCUT2D eigenvalue weighted by Crippen LogP contribution is -2.43. The molecule has 2 aliphatic rings. The summed E-state index contributed by atoms with van der Waals surface area (Å²) in [5, 5.41) is 3.48. The Morgan fingerprint density at radius 2 is 2.16 bits per heavy atom. The number of guanidine groups is 1. The van der Waals surface area contributed by atoms with Gasteiger partial charge in [-0.05, 0) is 37.8 Å². The number of rotatable bonds is 6. The second-order valence-electron chi connectivity index (χ2n) is 6.92. The van der Waals surface area contributed by atoms with Crippen molar-refractivity contribution in [2.24, 2.45) is 10.9 Å². The second-order valence-corrected chi connectivity index (χ2v) is 6.92. The molecule has 1 saturated heterocycles. The second kappa shape index (κ2) is 9.16. The summed E-state index contributed by atoms with van der Waals surface area (Å²) in [4.78, 5) is 6.72. The third kappa shape index (κ3) is 4.84. The number of nitrogens with one attached hydrogen (secondary N) is 1. The van der Waals surface area contributed by atoms with Crippen LogP contribution in [-0.2, 0) is 10.2 Å². The largest absolute Gasteiger partial charge is 0.381 e. The fourth-order valence-electron chi connectivity index (χ4n) is 3.61. The molecule has 0 amide bonds. The molecule has 2 fully saturated rings. The van der Waals surface area contributed by atoms with Crippen LogP contribution in [0.25, 0.3) is 0 Å². The molecule has 1 aliphatic heterocycles. The molecule has 1 saturated carbocycles. The lowest BCUT2D eigenvalue weighted by Gasteiger charge is -2.25. The summed E-state index contributed by atoms with van der Waals surface area (Å²) in [6.07, 6.45) is 3.20. The van der Waals surface area contributed by atoms with Gasteiger partial charge in [0.15, 0.2) is 5.96 Å². The molecule has 1 aromatic rings. The highest BCUT2D eigenvalue weighted by molar-refractivity contribution is 14.0. The van der Waals surface area contributed by atoms with Gasteiger partial charge in [0, 0.05) is 44.6 Å². The Morgan fingerprint density at radius 1 is 1.40 bits per heavy atom. The van der Waals surface area contributed by atoms with Crippen LogP contribution >= 0.6 is 24.0 Å². The summed E-state index contributed by atoms with van der Waals surface area (Å²) < 4.78 is 19.7. The van der Waals surface area contributed by atoms with Crippen LogP contribution in [0.5, 0.6) is 0 Å². The van der Waals surface area contributed by atoms with Crippen molar-refractivity contribution in [2.75, 3.05) is 39.9 Å². The number of ether oxygens (including phenoxy) is 1. The van der Waals surface area contributed by atoms with E-state index in [9.17, 15) is 4.39 Å². The third-order valence-electron chi connectivity index (χ3n) is 5.24. The molecule has 0 bridgehead atoms. The number of aliphatic imine (C=N–C) groups is 1. The topological polar surface area (TPSA) is 36.9 Å². The number of benzene rings is 1. The van der Waals surface area contributed by atoms with Crippen molar-refractivity contribution in [1.82, 2.24) is 10.2 Å². The molecule has 1 atom stereocenters. The van der Waals surface area contributed by atoms with E-state index in [1.165, 1.54) is 0 Å². The first-order valence-electron chi connectivity index (χ1n) is 8.97. The molecule has 140 valence electrons. The van der Waals surface area contributed by atoms with E-state index >= 15 is 0 Å². The smallest absolute Gasteiger partial charge is 0.193 e. The quantitative estimate of drug-likeness (QED) is 0.401. The Kier molecular flexibility index (Phi) is 7.49. The number of hydrogen-bond acceptors (Lipinski definition) is 2. The zero-order valence-electron chi connectivity index (χ0n) is 15.1. The highest BCUT2D eigenvalue weighted by Crippen LogP contribution is 2.48. The molecule has 25 heavy (non-hydrogen) atoms. The molecule has 0 aromatic heterocycles. The van der Waals surface area contributed by atoms with E-state index < -0.39 is 0 Å². The first kappa shape index (κ1) is 20.4. The first-order chi connectivity index (χ1) is 11.7. The van der Waals surface area contributed by atoms with Gasteiger partial charge < -0.3 is 15.0 Å². The summed E-state index contributed by atoms with van der Waals surface area (Å²) in [5.74, 6) is 1.41. The molecule has 1 aromatic carbocycles. The van der Waals surface area contributed by atoms with Crippen LogP contribution in [0.15, 0.2) is 29.3 Å². The Labute approximate surface area is 167 Å². The maximum absolute atomic E-state index is 14.1. The molecule has 4 nitrogen and oxygen atoms in total. The molecule has 0 radical (unpaired) electrons. The minimum Gasteiger partial charge on any atom is -0.381 e. The summed E-state index contributed by atoms with van der Waals surface area (Å²) in [5.41, 5.74) is 0.773. The fourth-order valence-corrected chi connectivity index (χ4v) is 3.61. The van der Waals surface area contributed by atoms with E-state index in [0.717, 1.165) is 63.6 Å². The third-order valence-corrected chi connectivity index (χ3v) is 5.24. The first-order valence-corrected chi connectivity index (χ1v) is 8.97. The molecule has 1 heterocycles. The van der Waals surface area contributed by atoms with Crippen LogP contribution in [0, 0.1) is 11.7 Å². The Hall–Kier alpha value is -0.890. The lowest BCUT2D eigenvalue weighted by atomic mass is 9.95. The highest BCUT2D eigenvalue weighted by Gasteiger charge is 2.46. The predicted octanol–water partition coefficient (Wildman–Crippen LogP) is 3.41. The minimum absolute atomic E-state index is 0. The summed E-state index contributed by atoms with van der Waals surface area (Å²) >= 11 is 0. The highest BCUT2D eigenvalue weighted by atomic mass is 127. The monoisotopic (exact) mass is 461 g/mol. The van der Waals surface area contributed by atoms with Gasteiger partial charge in [0.25, 0.3) is 0 Å². The molecule has 3 rings (SSSR count). The maximum atomic E-state index is 14.1. The Morgan fingerprint density at radius 3 is 2.80 bits per heavy atom. The number of hydrogen-bond donors (Lipinski definition) is 1. The van der Waals surface area contributed by atoms with Crippen LogP contribution in [0.2, 0.25) is 0 Å². The van der Waals surface area contributed by atoms with Crippen LogP contribution < -0.4 is 5.32 Å². The fraction of sp³-hybridized carbons (Fsp3) is 0.632. The Balaban J connectivity index is 0.00000225. The van der Waals surface area contributed by atoms with Crippen molar-refractivity contribution in [3.8, 4) is 0 Å². The van der Waals surface area contributed by atoms with Gasteiger partial charge in [-0.25, -0.2) is 4.39 Å². The molecule has 1 aliphatic carbocycles. The molecule has 1 N–H and O–H groups in total. The van der Waals surface area contributed by atoms with E-state index in [4.69, 9.17) is 4.74 Å². The molecule has 6 heteroatoms. The van der Waals surface area contributed by atoms with Gasteiger partial charge >= 0.3 is 0 Å². The average Bonchev–Trinajstić information content (AvgIpc) is 3.24. The van der Waals surface area contributed by atoms with Crippen molar-refractivity contribution in [2.45, 2.75) is 31.6 Å². The molecule has 1 unspecified atom stereocenters. The SMILES string of the molecule is CCOCC1CCN(C(=NC)NCC2(c3ccccc3F)CC2)C1.I. The molecular formula is C19H29FIN3O.